The van der Waals surface area contributed by atoms with Crippen LogP contribution in [0.4, 0.5) is 4.39 Å². The number of alkyl halides is 1. The van der Waals surface area contributed by atoms with Gasteiger partial charge in [-0.2, -0.15) is 0 Å². The second kappa shape index (κ2) is 7.29. The molecule has 20 heavy (non-hydrogen) atoms. The van der Waals surface area contributed by atoms with Crippen LogP contribution in [-0.2, 0) is 11.8 Å². The zero-order valence-corrected chi connectivity index (χ0v) is 12.8. The maximum absolute atomic E-state index is 13.1. The van der Waals surface area contributed by atoms with E-state index in [4.69, 9.17) is 9.47 Å². The number of hydrogen-bond donors (Lipinski definition) is 0. The third-order valence-electron chi connectivity index (χ3n) is 2.97. The third kappa shape index (κ3) is 3.97. The Hall–Kier alpha value is -1.55. The van der Waals surface area contributed by atoms with Crippen molar-refractivity contribution in [1.29, 1.82) is 0 Å². The predicted octanol–water partition coefficient (Wildman–Crippen LogP) is 4.35. The van der Waals surface area contributed by atoms with E-state index in [-0.39, 0.29) is 5.82 Å². The summed E-state index contributed by atoms with van der Waals surface area (Å²) < 4.78 is 23.9. The summed E-state index contributed by atoms with van der Waals surface area (Å²) in [5.74, 6) is 1.31. The van der Waals surface area contributed by atoms with Crippen molar-refractivity contribution < 1.29 is 13.9 Å². The molecular weight excluding hydrogens is 323 g/mol. The zero-order chi connectivity index (χ0) is 14.4. The van der Waals surface area contributed by atoms with Crippen LogP contribution < -0.4 is 9.47 Å². The van der Waals surface area contributed by atoms with Gasteiger partial charge in [0.05, 0.1) is 13.7 Å². The second-order valence-electron chi connectivity index (χ2n) is 4.33. The summed E-state index contributed by atoms with van der Waals surface area (Å²) in [5.41, 5.74) is 1.99. The number of ether oxygens (including phenoxy) is 2. The van der Waals surface area contributed by atoms with Crippen LogP contribution in [0.3, 0.4) is 0 Å². The molecule has 2 aromatic rings. The van der Waals surface area contributed by atoms with Crippen LogP contribution in [0.15, 0.2) is 42.5 Å². The van der Waals surface area contributed by atoms with Crippen molar-refractivity contribution in [3.8, 4) is 11.5 Å². The Morgan fingerprint density at radius 3 is 2.50 bits per heavy atom. The molecule has 0 N–H and O–H groups in total. The molecule has 0 unspecified atom stereocenters. The van der Waals surface area contributed by atoms with Crippen molar-refractivity contribution in [3.63, 3.8) is 0 Å². The van der Waals surface area contributed by atoms with E-state index in [0.717, 1.165) is 23.5 Å². The molecule has 0 heterocycles. The van der Waals surface area contributed by atoms with Gasteiger partial charge in [0.15, 0.2) is 0 Å². The molecule has 0 saturated carbocycles. The molecule has 2 nitrogen and oxygen atoms in total. The molecule has 4 heteroatoms. The lowest BCUT2D eigenvalue weighted by Crippen LogP contribution is -2.03. The van der Waals surface area contributed by atoms with E-state index in [2.05, 4.69) is 15.9 Å². The maximum Gasteiger partial charge on any atom is 0.123 e. The van der Waals surface area contributed by atoms with Crippen molar-refractivity contribution in [3.05, 3.63) is 59.4 Å². The number of hydrogen-bond acceptors (Lipinski definition) is 2. The predicted molar refractivity (Wildman–Crippen MR) is 81.2 cm³/mol. The van der Waals surface area contributed by atoms with E-state index in [0.29, 0.717) is 11.9 Å². The molecule has 2 rings (SSSR count). The van der Waals surface area contributed by atoms with Crippen molar-refractivity contribution in [2.24, 2.45) is 0 Å². The van der Waals surface area contributed by atoms with Crippen LogP contribution in [0.2, 0.25) is 0 Å². The van der Waals surface area contributed by atoms with Gasteiger partial charge >= 0.3 is 0 Å². The summed E-state index contributed by atoms with van der Waals surface area (Å²) in [4.78, 5) is 0. The number of halogens is 2. The van der Waals surface area contributed by atoms with Gasteiger partial charge in [0.25, 0.3) is 0 Å². The lowest BCUT2D eigenvalue weighted by atomic mass is 10.1. The smallest absolute Gasteiger partial charge is 0.123 e. The Bertz CT molecular complexity index is 555. The van der Waals surface area contributed by atoms with Gasteiger partial charge < -0.3 is 9.47 Å². The van der Waals surface area contributed by atoms with Gasteiger partial charge in [-0.25, -0.2) is 4.39 Å². The van der Waals surface area contributed by atoms with E-state index in [1.54, 1.807) is 13.2 Å². The Kier molecular flexibility index (Phi) is 5.41. The van der Waals surface area contributed by atoms with E-state index in [1.165, 1.54) is 17.7 Å². The highest BCUT2D eigenvalue weighted by Gasteiger charge is 2.04. The van der Waals surface area contributed by atoms with Gasteiger partial charge in [-0.15, -0.1) is 0 Å². The second-order valence-corrected chi connectivity index (χ2v) is 4.89. The molecule has 0 aliphatic rings. The average Bonchev–Trinajstić information content (AvgIpc) is 2.49. The molecule has 0 aliphatic heterocycles. The molecule has 0 saturated heterocycles. The topological polar surface area (TPSA) is 18.5 Å². The summed E-state index contributed by atoms with van der Waals surface area (Å²) in [7, 11) is 1.65. The molecule has 2 aromatic carbocycles. The molecule has 106 valence electrons. The van der Waals surface area contributed by atoms with Gasteiger partial charge in [0.2, 0.25) is 0 Å². The number of rotatable bonds is 6. The largest absolute Gasteiger partial charge is 0.497 e. The molecule has 0 aromatic heterocycles. The van der Waals surface area contributed by atoms with E-state index in [9.17, 15) is 4.39 Å². The monoisotopic (exact) mass is 338 g/mol. The first kappa shape index (κ1) is 14.9. The number of benzene rings is 2. The highest BCUT2D eigenvalue weighted by atomic mass is 79.9. The summed E-state index contributed by atoms with van der Waals surface area (Å²) >= 11 is 3.33. The quantitative estimate of drug-likeness (QED) is 0.729. The third-order valence-corrected chi connectivity index (χ3v) is 3.58. The minimum atomic E-state index is -0.248. The van der Waals surface area contributed by atoms with Crippen molar-refractivity contribution in [2.45, 2.75) is 11.8 Å². The van der Waals surface area contributed by atoms with Crippen LogP contribution in [0.25, 0.3) is 0 Å². The normalized spacial score (nSPS) is 10.3. The maximum atomic E-state index is 13.1. The molecular formula is C16H16BrFO2. The van der Waals surface area contributed by atoms with Gasteiger partial charge in [0.1, 0.15) is 17.3 Å². The highest BCUT2D eigenvalue weighted by molar-refractivity contribution is 9.08. The summed E-state index contributed by atoms with van der Waals surface area (Å²) in [5, 5.41) is 0.572. The fraction of sp³-hybridized carbons (Fsp3) is 0.250. The van der Waals surface area contributed by atoms with Gasteiger partial charge in [-0.1, -0.05) is 28.1 Å². The molecule has 0 radical (unpaired) electrons. The highest BCUT2D eigenvalue weighted by Crippen LogP contribution is 2.22. The molecule has 0 amide bonds. The summed E-state index contributed by atoms with van der Waals surface area (Å²) in [6.07, 6.45) is 0.795. The first-order valence-corrected chi connectivity index (χ1v) is 7.45. The Morgan fingerprint density at radius 1 is 1.10 bits per heavy atom. The Labute approximate surface area is 126 Å². The lowest BCUT2D eigenvalue weighted by Gasteiger charge is -2.10. The number of methoxy groups -OCH3 is 1. The molecule has 0 spiro atoms. The average molecular weight is 339 g/mol. The van der Waals surface area contributed by atoms with Crippen LogP contribution in [0.5, 0.6) is 11.5 Å². The van der Waals surface area contributed by atoms with Gasteiger partial charge in [-0.3, -0.25) is 0 Å². The minimum absolute atomic E-state index is 0.248. The minimum Gasteiger partial charge on any atom is -0.497 e. The summed E-state index contributed by atoms with van der Waals surface area (Å²) in [6, 6.07) is 12.4. The fourth-order valence-corrected chi connectivity index (χ4v) is 2.30. The Morgan fingerprint density at radius 2 is 1.85 bits per heavy atom. The van der Waals surface area contributed by atoms with Gasteiger partial charge in [0, 0.05) is 17.3 Å². The van der Waals surface area contributed by atoms with E-state index >= 15 is 0 Å². The van der Waals surface area contributed by atoms with Crippen LogP contribution in [0, 0.1) is 5.82 Å². The van der Waals surface area contributed by atoms with Crippen molar-refractivity contribution in [1.82, 2.24) is 0 Å². The molecule has 0 bridgehead atoms. The van der Waals surface area contributed by atoms with E-state index < -0.39 is 0 Å². The van der Waals surface area contributed by atoms with Crippen LogP contribution in [-0.4, -0.2) is 13.7 Å². The fourth-order valence-electron chi connectivity index (χ4n) is 1.86. The molecule has 0 atom stereocenters. The summed E-state index contributed by atoms with van der Waals surface area (Å²) in [6.45, 7) is 0.554. The van der Waals surface area contributed by atoms with Gasteiger partial charge in [-0.05, 0) is 35.9 Å². The first-order valence-electron chi connectivity index (χ1n) is 6.33. The van der Waals surface area contributed by atoms with Crippen molar-refractivity contribution in [2.75, 3.05) is 13.7 Å². The lowest BCUT2D eigenvalue weighted by molar-refractivity contribution is 0.319. The van der Waals surface area contributed by atoms with Crippen LogP contribution >= 0.6 is 15.9 Å². The Balaban J connectivity index is 1.92. The van der Waals surface area contributed by atoms with Crippen LogP contribution in [0.1, 0.15) is 11.1 Å². The zero-order valence-electron chi connectivity index (χ0n) is 11.2. The van der Waals surface area contributed by atoms with Crippen molar-refractivity contribution >= 4 is 15.9 Å². The first-order chi connectivity index (χ1) is 9.72. The SMILES string of the molecule is COc1ccc(CCOc2ccc(F)cc2CBr)cc1. The standard InChI is InChI=1S/C16H16BrFO2/c1-19-15-5-2-12(3-6-15)8-9-20-16-7-4-14(18)10-13(16)11-17/h2-7,10H,8-9,11H2,1H3. The molecule has 0 fully saturated rings. The molecule has 0 aliphatic carbocycles. The van der Waals surface area contributed by atoms with E-state index in [1.807, 2.05) is 24.3 Å².